The second kappa shape index (κ2) is 27.2. The van der Waals surface area contributed by atoms with Crippen LogP contribution in [0.5, 0.6) is 23.0 Å². The number of carboxylic acids is 2. The summed E-state index contributed by atoms with van der Waals surface area (Å²) in [4.78, 5) is 72.4. The summed E-state index contributed by atoms with van der Waals surface area (Å²) < 4.78 is 27.5. The first kappa shape index (κ1) is 59.5. The molecule has 0 saturated heterocycles. The number of hydrogen-bond acceptors (Lipinski definition) is 12. The van der Waals surface area contributed by atoms with Crippen molar-refractivity contribution in [3.8, 4) is 23.0 Å². The van der Waals surface area contributed by atoms with Crippen LogP contribution in [0.2, 0.25) is 0 Å². The Kier molecular flexibility index (Phi) is 20.0. The summed E-state index contributed by atoms with van der Waals surface area (Å²) in [5.41, 5.74) is 17.9. The zero-order valence-electron chi connectivity index (χ0n) is 47.6. The first-order valence-corrected chi connectivity index (χ1v) is 29.3. The second-order valence-electron chi connectivity index (χ2n) is 22.5. The monoisotopic (exact) mass is 1110 g/mol. The highest BCUT2D eigenvalue weighted by molar-refractivity contribution is 6.49. The number of ether oxygens (including phenoxy) is 4. The van der Waals surface area contributed by atoms with E-state index in [1.165, 1.54) is 81.4 Å². The normalized spacial score (nSPS) is 13.6. The zero-order valence-corrected chi connectivity index (χ0v) is 47.6. The molecule has 3 heterocycles. The van der Waals surface area contributed by atoms with Crippen LogP contribution in [0.15, 0.2) is 76.3 Å². The van der Waals surface area contributed by atoms with Gasteiger partial charge in [0, 0.05) is 35.3 Å². The number of aryl methyl sites for hydroxylation is 2. The summed E-state index contributed by atoms with van der Waals surface area (Å²) in [6.07, 6.45) is 20.8. The number of hydrogen-bond donors (Lipinski definition) is 4. The van der Waals surface area contributed by atoms with Crippen LogP contribution in [-0.2, 0) is 32.9 Å². The molecule has 1 atom stereocenters. The van der Waals surface area contributed by atoms with E-state index in [4.69, 9.17) is 30.4 Å². The second-order valence-corrected chi connectivity index (χ2v) is 22.5. The Bertz CT molecular complexity index is 3430. The molecule has 7 aromatic rings. The van der Waals surface area contributed by atoms with Gasteiger partial charge in [-0.1, -0.05) is 141 Å². The average Bonchev–Trinajstić information content (AvgIpc) is 3.59. The molecule has 0 fully saturated rings. The average molecular weight is 1110 g/mol. The topological polar surface area (TPSA) is 242 Å². The molecule has 16 nitrogen and oxygen atoms in total. The number of nitrogens with zero attached hydrogens (tertiary/aromatic N) is 2. The predicted octanol–water partition coefficient (Wildman–Crippen LogP) is 12.5. The first-order valence-electron chi connectivity index (χ1n) is 29.3. The van der Waals surface area contributed by atoms with E-state index in [0.717, 1.165) is 99.2 Å². The van der Waals surface area contributed by atoms with E-state index in [0.29, 0.717) is 47.4 Å². The van der Waals surface area contributed by atoms with E-state index in [-0.39, 0.29) is 33.2 Å². The third-order valence-electron chi connectivity index (χ3n) is 16.5. The van der Waals surface area contributed by atoms with Crippen molar-refractivity contribution in [1.82, 2.24) is 9.13 Å². The number of carboxylic acid groups (broad SMARTS) is 2. The number of nitrogens with two attached hydrogens (primary N) is 2. The molecule has 0 radical (unpaired) electrons. The van der Waals surface area contributed by atoms with Crippen molar-refractivity contribution in [2.45, 2.75) is 181 Å². The van der Waals surface area contributed by atoms with E-state index < -0.39 is 47.1 Å². The Morgan fingerprint density at radius 2 is 1.00 bits per heavy atom. The molecule has 432 valence electrons. The van der Waals surface area contributed by atoms with Crippen LogP contribution in [0.4, 0.5) is 11.4 Å². The Morgan fingerprint density at radius 3 is 1.47 bits per heavy atom. The lowest BCUT2D eigenvalue weighted by Gasteiger charge is -2.26. The van der Waals surface area contributed by atoms with Crippen LogP contribution < -0.4 is 41.3 Å². The Labute approximate surface area is 473 Å². The Morgan fingerprint density at radius 1 is 0.556 bits per heavy atom. The van der Waals surface area contributed by atoms with Gasteiger partial charge in [-0.25, -0.2) is 9.59 Å². The number of nitrogen functional groups attached to an aromatic ring is 2. The molecule has 0 saturated carbocycles. The van der Waals surface area contributed by atoms with Crippen molar-refractivity contribution in [1.29, 1.82) is 0 Å². The van der Waals surface area contributed by atoms with E-state index in [1.54, 1.807) is 12.1 Å². The molecule has 0 aliphatic carbocycles. The summed E-state index contributed by atoms with van der Waals surface area (Å²) in [6.45, 7) is 10.5. The van der Waals surface area contributed by atoms with Gasteiger partial charge >= 0.3 is 11.9 Å². The van der Waals surface area contributed by atoms with Crippen LogP contribution >= 0.6 is 0 Å². The third kappa shape index (κ3) is 13.6. The minimum Gasteiger partial charge on any atom is -0.494 e. The predicted molar refractivity (Wildman–Crippen MR) is 317 cm³/mol. The highest BCUT2D eigenvalue weighted by atomic mass is 16.5. The first-order chi connectivity index (χ1) is 39.0. The number of Topliss-reactive ketones (excluding diaryl/α,β-unsaturated/α-hetero) is 2. The Hall–Kier alpha value is -7.62. The molecule has 1 aliphatic rings. The van der Waals surface area contributed by atoms with Crippen LogP contribution in [0.1, 0.15) is 175 Å². The molecule has 1 aliphatic heterocycles. The number of carbonyl (C=O) groups excluding carboxylic acids is 2. The molecule has 0 amide bonds. The molecule has 5 aromatic carbocycles. The summed E-state index contributed by atoms with van der Waals surface area (Å²) in [5.74, 6) is -2.67. The fraction of sp³-hybridized carbons (Fsp3) is 0.477. The number of unbranched alkanes of at least 4 members (excludes halogenated alkanes) is 18. The Balaban J connectivity index is 0.626. The van der Waals surface area contributed by atoms with Crippen LogP contribution in [0, 0.1) is 13.8 Å². The van der Waals surface area contributed by atoms with Crippen molar-refractivity contribution in [3.63, 3.8) is 0 Å². The molecule has 6 N–H and O–H groups in total. The van der Waals surface area contributed by atoms with Crippen molar-refractivity contribution >= 4 is 67.5 Å². The summed E-state index contributed by atoms with van der Waals surface area (Å²) in [5, 5.41) is 20.0. The van der Waals surface area contributed by atoms with Gasteiger partial charge in [-0.05, 0) is 93.1 Å². The van der Waals surface area contributed by atoms with Crippen LogP contribution in [0.3, 0.4) is 0 Å². The van der Waals surface area contributed by atoms with E-state index in [1.807, 2.05) is 13.8 Å². The molecule has 0 spiro atoms. The lowest BCUT2D eigenvalue weighted by molar-refractivity contribution is -0.149. The van der Waals surface area contributed by atoms with Gasteiger partial charge in [0.25, 0.3) is 11.9 Å². The maximum absolute atomic E-state index is 12.6. The highest BCUT2D eigenvalue weighted by Gasteiger charge is 2.42. The van der Waals surface area contributed by atoms with Crippen molar-refractivity contribution in [3.05, 3.63) is 115 Å². The van der Waals surface area contributed by atoms with Gasteiger partial charge < -0.3 is 49.8 Å². The standard InChI is InChI=1S/C65H80N4O12/c1-41-55(66)53-49(34-33-47-57(72)60(75)63(64(76)77)81-61(47)53)68(41)35-21-17-13-9-5-7-11-15-19-23-37-78-45-29-25-43(26-30-45)65(3,4)44-27-31-46(32-28-44)79-38-24-20-16-12-8-6-10-14-18-22-36-69-42(2)56(67)54-50(69)39-48-52(59(74)58(48)73)62(54)80-40-51(70)71/h25-34,39,63H,5-24,35-38,40,66-67H2,1-4H3,(H,70,71)(H,76,77). The van der Waals surface area contributed by atoms with Gasteiger partial charge in [-0.15, -0.1) is 0 Å². The zero-order chi connectivity index (χ0) is 57.8. The number of ketones is 2. The number of aromatic nitrogens is 2. The maximum atomic E-state index is 12.6. The third-order valence-corrected chi connectivity index (χ3v) is 16.5. The molecular formula is C65H80N4O12. The van der Waals surface area contributed by atoms with Gasteiger partial charge in [-0.2, -0.15) is 0 Å². The molecule has 2 aromatic heterocycles. The quantitative estimate of drug-likeness (QED) is 0.0167. The molecule has 81 heavy (non-hydrogen) atoms. The number of carbonyl (C=O) groups is 4. The maximum Gasteiger partial charge on any atom is 0.353 e. The van der Waals surface area contributed by atoms with Crippen molar-refractivity contribution in [2.24, 2.45) is 0 Å². The lowest BCUT2D eigenvalue weighted by atomic mass is 9.78. The molecule has 0 bridgehead atoms. The number of anilines is 2. The summed E-state index contributed by atoms with van der Waals surface area (Å²) >= 11 is 0. The van der Waals surface area contributed by atoms with Gasteiger partial charge in [0.05, 0.1) is 57.3 Å². The van der Waals surface area contributed by atoms with Crippen LogP contribution in [0.25, 0.3) is 32.6 Å². The number of aliphatic carboxylic acids is 2. The number of benzene rings is 4. The lowest BCUT2D eigenvalue weighted by Crippen LogP contribution is -2.43. The summed E-state index contributed by atoms with van der Waals surface area (Å²) in [7, 11) is 0. The fourth-order valence-corrected chi connectivity index (χ4v) is 11.6. The van der Waals surface area contributed by atoms with Crippen molar-refractivity contribution < 1.29 is 48.3 Å². The van der Waals surface area contributed by atoms with E-state index in [2.05, 4.69) is 71.5 Å². The van der Waals surface area contributed by atoms with Gasteiger partial charge in [0.15, 0.2) is 6.61 Å². The molecule has 16 heteroatoms. The number of fused-ring (bicyclic) bond motifs is 5. The molecular weight excluding hydrogens is 1030 g/mol. The summed E-state index contributed by atoms with van der Waals surface area (Å²) in [6, 6.07) is 22.0. The minimum atomic E-state index is -1.87. The smallest absolute Gasteiger partial charge is 0.353 e. The fourth-order valence-electron chi connectivity index (χ4n) is 11.6. The molecule has 1 unspecified atom stereocenters. The minimum absolute atomic E-state index is 0.0502. The SMILES string of the molecule is Cc1c(N)c2c3c(ccc2n1CCCCCCCCCCCCOc1ccc(C(C)(C)c2ccc(OCCCCCCCCCCCCn4c(C)c(N)c5c(OCC(=O)O)c6c(=O)c(=O)c6cc54)cc2)cc1)C(=O)C(=O)C(C(=O)O)O3. The largest absolute Gasteiger partial charge is 0.494 e. The van der Waals surface area contributed by atoms with Gasteiger partial charge in [0.1, 0.15) is 23.0 Å². The highest BCUT2D eigenvalue weighted by Crippen LogP contribution is 2.42. The number of rotatable bonds is 34. The van der Waals surface area contributed by atoms with Gasteiger partial charge in [0.2, 0.25) is 16.6 Å². The van der Waals surface area contributed by atoms with Crippen molar-refractivity contribution in [2.75, 3.05) is 31.3 Å². The van der Waals surface area contributed by atoms with Gasteiger partial charge in [-0.3, -0.25) is 19.2 Å². The van der Waals surface area contributed by atoms with E-state index >= 15 is 0 Å². The van der Waals surface area contributed by atoms with Crippen LogP contribution in [-0.4, -0.2) is 68.8 Å². The molecule has 8 rings (SSSR count). The van der Waals surface area contributed by atoms with E-state index in [9.17, 15) is 39.0 Å².